The first-order chi connectivity index (χ1) is 6.08. The molecular formula is C11H18N2. The van der Waals surface area contributed by atoms with Crippen molar-refractivity contribution in [1.82, 2.24) is 0 Å². The molecule has 0 heterocycles. The number of hydrogen-bond donors (Lipinski definition) is 2. The molecule has 0 aromatic heterocycles. The molecule has 0 saturated heterocycles. The van der Waals surface area contributed by atoms with Gasteiger partial charge in [0.1, 0.15) is 0 Å². The molecule has 13 heavy (non-hydrogen) atoms. The standard InChI is InChI=1S/C11H18N2/c1-11(2,8-12)10(13)9-6-4-3-5-7-9/h3-7,10H,8,12-13H2,1-2H3/t10-/m1/s1. The lowest BCUT2D eigenvalue weighted by molar-refractivity contribution is 0.301. The van der Waals surface area contributed by atoms with Gasteiger partial charge in [0.2, 0.25) is 0 Å². The fourth-order valence-electron chi connectivity index (χ4n) is 1.24. The molecule has 1 aromatic carbocycles. The predicted molar refractivity (Wildman–Crippen MR) is 56.2 cm³/mol. The van der Waals surface area contributed by atoms with Crippen molar-refractivity contribution in [3.63, 3.8) is 0 Å². The zero-order valence-corrected chi connectivity index (χ0v) is 8.33. The molecule has 0 aliphatic heterocycles. The van der Waals surface area contributed by atoms with Crippen molar-refractivity contribution >= 4 is 0 Å². The quantitative estimate of drug-likeness (QED) is 0.739. The van der Waals surface area contributed by atoms with Crippen molar-refractivity contribution in [3.8, 4) is 0 Å². The maximum atomic E-state index is 6.10. The van der Waals surface area contributed by atoms with E-state index in [4.69, 9.17) is 11.5 Å². The van der Waals surface area contributed by atoms with Gasteiger partial charge < -0.3 is 11.5 Å². The van der Waals surface area contributed by atoms with Crippen LogP contribution < -0.4 is 11.5 Å². The minimum atomic E-state index is -0.0403. The van der Waals surface area contributed by atoms with Crippen LogP contribution in [0.15, 0.2) is 30.3 Å². The second-order valence-corrected chi connectivity index (χ2v) is 4.08. The van der Waals surface area contributed by atoms with Gasteiger partial charge in [-0.05, 0) is 17.5 Å². The summed E-state index contributed by atoms with van der Waals surface area (Å²) in [6, 6.07) is 10.1. The molecule has 0 saturated carbocycles. The van der Waals surface area contributed by atoms with Crippen LogP contribution in [0, 0.1) is 5.41 Å². The van der Waals surface area contributed by atoms with Crippen molar-refractivity contribution in [3.05, 3.63) is 35.9 Å². The van der Waals surface area contributed by atoms with Gasteiger partial charge in [0.15, 0.2) is 0 Å². The minimum absolute atomic E-state index is 0.0127. The van der Waals surface area contributed by atoms with Gasteiger partial charge >= 0.3 is 0 Å². The summed E-state index contributed by atoms with van der Waals surface area (Å²) in [5.74, 6) is 0. The topological polar surface area (TPSA) is 52.0 Å². The molecule has 2 heteroatoms. The van der Waals surface area contributed by atoms with Gasteiger partial charge in [0.05, 0.1) is 0 Å². The Morgan fingerprint density at radius 2 is 1.77 bits per heavy atom. The van der Waals surface area contributed by atoms with Gasteiger partial charge in [-0.25, -0.2) is 0 Å². The van der Waals surface area contributed by atoms with Crippen LogP contribution in [0.1, 0.15) is 25.5 Å². The van der Waals surface area contributed by atoms with Crippen molar-refractivity contribution in [2.45, 2.75) is 19.9 Å². The van der Waals surface area contributed by atoms with Crippen molar-refractivity contribution in [2.75, 3.05) is 6.54 Å². The molecular weight excluding hydrogens is 160 g/mol. The third kappa shape index (κ3) is 2.29. The van der Waals surface area contributed by atoms with Crippen LogP contribution in [-0.4, -0.2) is 6.54 Å². The summed E-state index contributed by atoms with van der Waals surface area (Å²) in [5.41, 5.74) is 12.9. The Kier molecular flexibility index (Phi) is 3.07. The molecule has 72 valence electrons. The maximum absolute atomic E-state index is 6.10. The van der Waals surface area contributed by atoms with Crippen LogP contribution in [0.25, 0.3) is 0 Å². The monoisotopic (exact) mass is 178 g/mol. The van der Waals surface area contributed by atoms with E-state index in [2.05, 4.69) is 13.8 Å². The first-order valence-corrected chi connectivity index (χ1v) is 4.58. The Balaban J connectivity index is 2.85. The number of rotatable bonds is 3. The Hall–Kier alpha value is -0.860. The van der Waals surface area contributed by atoms with Gasteiger partial charge in [-0.15, -0.1) is 0 Å². The summed E-state index contributed by atoms with van der Waals surface area (Å²) in [6.07, 6.45) is 0. The fraction of sp³-hybridized carbons (Fsp3) is 0.455. The zero-order chi connectivity index (χ0) is 9.90. The molecule has 0 radical (unpaired) electrons. The molecule has 1 rings (SSSR count). The zero-order valence-electron chi connectivity index (χ0n) is 8.33. The Morgan fingerprint density at radius 3 is 2.23 bits per heavy atom. The van der Waals surface area contributed by atoms with Crippen molar-refractivity contribution in [1.29, 1.82) is 0 Å². The van der Waals surface area contributed by atoms with Crippen LogP contribution >= 0.6 is 0 Å². The van der Waals surface area contributed by atoms with E-state index in [1.165, 1.54) is 0 Å². The highest BCUT2D eigenvalue weighted by molar-refractivity contribution is 5.20. The maximum Gasteiger partial charge on any atom is 0.0358 e. The third-order valence-electron chi connectivity index (χ3n) is 2.53. The highest BCUT2D eigenvalue weighted by Crippen LogP contribution is 2.29. The Labute approximate surface area is 79.9 Å². The normalized spacial score (nSPS) is 14.2. The molecule has 1 aromatic rings. The lowest BCUT2D eigenvalue weighted by Crippen LogP contribution is -2.35. The van der Waals surface area contributed by atoms with Gasteiger partial charge in [-0.2, -0.15) is 0 Å². The minimum Gasteiger partial charge on any atom is -0.330 e. The molecule has 2 nitrogen and oxygen atoms in total. The molecule has 0 bridgehead atoms. The first kappa shape index (κ1) is 10.2. The van der Waals surface area contributed by atoms with E-state index in [0.717, 1.165) is 5.56 Å². The van der Waals surface area contributed by atoms with Crippen molar-refractivity contribution in [2.24, 2.45) is 16.9 Å². The Bertz CT molecular complexity index is 254. The molecule has 0 aliphatic rings. The van der Waals surface area contributed by atoms with E-state index in [0.29, 0.717) is 6.54 Å². The molecule has 0 spiro atoms. The van der Waals surface area contributed by atoms with Gasteiger partial charge in [0, 0.05) is 6.04 Å². The highest BCUT2D eigenvalue weighted by atomic mass is 14.7. The van der Waals surface area contributed by atoms with Crippen molar-refractivity contribution < 1.29 is 0 Å². The lowest BCUT2D eigenvalue weighted by atomic mass is 9.81. The van der Waals surface area contributed by atoms with Gasteiger partial charge in [-0.3, -0.25) is 0 Å². The molecule has 1 atom stereocenters. The first-order valence-electron chi connectivity index (χ1n) is 4.58. The SMILES string of the molecule is CC(C)(CN)[C@H](N)c1ccccc1. The number of nitrogens with two attached hydrogens (primary N) is 2. The van der Waals surface area contributed by atoms with Gasteiger partial charge in [0.25, 0.3) is 0 Å². The van der Waals surface area contributed by atoms with Gasteiger partial charge in [-0.1, -0.05) is 44.2 Å². The fourth-order valence-corrected chi connectivity index (χ4v) is 1.24. The average molecular weight is 178 g/mol. The summed E-state index contributed by atoms with van der Waals surface area (Å²) < 4.78 is 0. The van der Waals surface area contributed by atoms with E-state index < -0.39 is 0 Å². The smallest absolute Gasteiger partial charge is 0.0358 e. The molecule has 0 amide bonds. The molecule has 0 unspecified atom stereocenters. The van der Waals surface area contributed by atoms with E-state index in [9.17, 15) is 0 Å². The summed E-state index contributed by atoms with van der Waals surface area (Å²) >= 11 is 0. The van der Waals surface area contributed by atoms with E-state index in [-0.39, 0.29) is 11.5 Å². The summed E-state index contributed by atoms with van der Waals surface area (Å²) in [5, 5.41) is 0. The number of benzene rings is 1. The predicted octanol–water partition coefficient (Wildman–Crippen LogP) is 1.67. The second-order valence-electron chi connectivity index (χ2n) is 4.08. The molecule has 4 N–H and O–H groups in total. The summed E-state index contributed by atoms with van der Waals surface area (Å²) in [4.78, 5) is 0. The van der Waals surface area contributed by atoms with Crippen LogP contribution in [0.2, 0.25) is 0 Å². The van der Waals surface area contributed by atoms with Crippen LogP contribution in [0.4, 0.5) is 0 Å². The second kappa shape index (κ2) is 3.90. The van der Waals surface area contributed by atoms with Crippen LogP contribution in [0.5, 0.6) is 0 Å². The Morgan fingerprint density at radius 1 is 1.23 bits per heavy atom. The third-order valence-corrected chi connectivity index (χ3v) is 2.53. The summed E-state index contributed by atoms with van der Waals surface area (Å²) in [6.45, 7) is 4.78. The number of hydrogen-bond acceptors (Lipinski definition) is 2. The van der Waals surface area contributed by atoms with Crippen LogP contribution in [-0.2, 0) is 0 Å². The van der Waals surface area contributed by atoms with E-state index in [1.807, 2.05) is 30.3 Å². The average Bonchev–Trinajstić information content (AvgIpc) is 2.18. The molecule has 0 fully saturated rings. The van der Waals surface area contributed by atoms with E-state index in [1.54, 1.807) is 0 Å². The molecule has 0 aliphatic carbocycles. The summed E-state index contributed by atoms with van der Waals surface area (Å²) in [7, 11) is 0. The lowest BCUT2D eigenvalue weighted by Gasteiger charge is -2.30. The largest absolute Gasteiger partial charge is 0.330 e. The van der Waals surface area contributed by atoms with Crippen LogP contribution in [0.3, 0.4) is 0 Å². The van der Waals surface area contributed by atoms with E-state index >= 15 is 0 Å². The highest BCUT2D eigenvalue weighted by Gasteiger charge is 2.25.